The van der Waals surface area contributed by atoms with Gasteiger partial charge in [0.15, 0.2) is 0 Å². The summed E-state index contributed by atoms with van der Waals surface area (Å²) in [7, 11) is 0. The van der Waals surface area contributed by atoms with Crippen molar-refractivity contribution in [3.63, 3.8) is 0 Å². The third kappa shape index (κ3) is 7.57. The summed E-state index contributed by atoms with van der Waals surface area (Å²) < 4.78 is 16.5. The average Bonchev–Trinajstić information content (AvgIpc) is 2.93. The molecule has 0 aliphatic rings. The Bertz CT molecular complexity index is 1230. The maximum absolute atomic E-state index is 12.5. The van der Waals surface area contributed by atoms with Gasteiger partial charge in [0.2, 0.25) is 0 Å². The summed E-state index contributed by atoms with van der Waals surface area (Å²) in [6.45, 7) is 0.895. The molecule has 0 amide bonds. The SMILES string of the molecule is O=C(OCCCc1ccccc1)c1ccc(OC(=O)c2ccc(OCCc3ccccc3)cc2)cc1. The number of hydrogen-bond acceptors (Lipinski definition) is 5. The lowest BCUT2D eigenvalue weighted by Gasteiger charge is -2.08. The number of rotatable bonds is 11. The highest BCUT2D eigenvalue weighted by Gasteiger charge is 2.11. The molecule has 0 bridgehead atoms. The van der Waals surface area contributed by atoms with Gasteiger partial charge in [0.1, 0.15) is 11.5 Å². The van der Waals surface area contributed by atoms with Gasteiger partial charge in [-0.2, -0.15) is 0 Å². The maximum Gasteiger partial charge on any atom is 0.343 e. The van der Waals surface area contributed by atoms with E-state index < -0.39 is 11.9 Å². The monoisotopic (exact) mass is 480 g/mol. The fourth-order valence-corrected chi connectivity index (χ4v) is 3.61. The van der Waals surface area contributed by atoms with Crippen molar-refractivity contribution in [3.8, 4) is 11.5 Å². The fraction of sp³-hybridized carbons (Fsp3) is 0.161. The largest absolute Gasteiger partial charge is 0.493 e. The summed E-state index contributed by atoms with van der Waals surface area (Å²) in [6, 6.07) is 33.4. The smallest absolute Gasteiger partial charge is 0.343 e. The molecule has 36 heavy (non-hydrogen) atoms. The molecular weight excluding hydrogens is 452 g/mol. The molecule has 0 N–H and O–H groups in total. The summed E-state index contributed by atoms with van der Waals surface area (Å²) in [5.74, 6) is 0.156. The first kappa shape index (κ1) is 24.7. The van der Waals surface area contributed by atoms with E-state index in [0.717, 1.165) is 19.3 Å². The molecule has 5 heteroatoms. The standard InChI is InChI=1S/C31H28O5/c32-30(35-22-7-12-24-8-3-1-4-9-24)26-15-19-29(20-16-26)36-31(33)27-13-17-28(18-14-27)34-23-21-25-10-5-2-6-11-25/h1-6,8-11,13-20H,7,12,21-23H2. The van der Waals surface area contributed by atoms with Gasteiger partial charge in [0.05, 0.1) is 24.3 Å². The molecule has 0 fully saturated rings. The first-order valence-corrected chi connectivity index (χ1v) is 12.0. The minimum Gasteiger partial charge on any atom is -0.493 e. The molecule has 0 heterocycles. The van der Waals surface area contributed by atoms with Crippen LogP contribution in [0.5, 0.6) is 11.5 Å². The Hall–Kier alpha value is -4.38. The van der Waals surface area contributed by atoms with Crippen molar-refractivity contribution in [1.29, 1.82) is 0 Å². The third-order valence-electron chi connectivity index (χ3n) is 5.58. The molecule has 0 spiro atoms. The lowest BCUT2D eigenvalue weighted by Crippen LogP contribution is -2.10. The second-order valence-electron chi connectivity index (χ2n) is 8.25. The molecule has 4 rings (SSSR count). The van der Waals surface area contributed by atoms with Crippen molar-refractivity contribution in [2.24, 2.45) is 0 Å². The van der Waals surface area contributed by atoms with Crippen molar-refractivity contribution < 1.29 is 23.8 Å². The second kappa shape index (κ2) is 12.9. The molecule has 0 unspecified atom stereocenters. The number of ether oxygens (including phenoxy) is 3. The van der Waals surface area contributed by atoms with E-state index in [4.69, 9.17) is 14.2 Å². The average molecular weight is 481 g/mol. The van der Waals surface area contributed by atoms with Crippen LogP contribution in [0.25, 0.3) is 0 Å². The van der Waals surface area contributed by atoms with E-state index in [1.807, 2.05) is 36.4 Å². The highest BCUT2D eigenvalue weighted by molar-refractivity contribution is 5.92. The molecule has 5 nitrogen and oxygen atoms in total. The first-order valence-electron chi connectivity index (χ1n) is 12.0. The van der Waals surface area contributed by atoms with Gasteiger partial charge < -0.3 is 14.2 Å². The second-order valence-corrected chi connectivity index (χ2v) is 8.25. The predicted molar refractivity (Wildman–Crippen MR) is 139 cm³/mol. The Labute approximate surface area is 211 Å². The van der Waals surface area contributed by atoms with Crippen LogP contribution in [0.3, 0.4) is 0 Å². The lowest BCUT2D eigenvalue weighted by atomic mass is 10.1. The molecule has 182 valence electrons. The van der Waals surface area contributed by atoms with Crippen molar-refractivity contribution in [2.75, 3.05) is 13.2 Å². The predicted octanol–water partition coefficient (Wildman–Crippen LogP) is 6.32. The molecule has 0 atom stereocenters. The van der Waals surface area contributed by atoms with Gasteiger partial charge in [0, 0.05) is 6.42 Å². The number of benzene rings is 4. The quantitative estimate of drug-likeness (QED) is 0.143. The van der Waals surface area contributed by atoms with Gasteiger partial charge in [-0.05, 0) is 72.5 Å². The van der Waals surface area contributed by atoms with E-state index in [0.29, 0.717) is 35.8 Å². The van der Waals surface area contributed by atoms with Gasteiger partial charge in [0.25, 0.3) is 0 Å². The van der Waals surface area contributed by atoms with E-state index in [-0.39, 0.29) is 0 Å². The van der Waals surface area contributed by atoms with Gasteiger partial charge in [-0.3, -0.25) is 0 Å². The van der Waals surface area contributed by atoms with Crippen LogP contribution in [0.2, 0.25) is 0 Å². The van der Waals surface area contributed by atoms with Crippen LogP contribution in [0, 0.1) is 0 Å². The van der Waals surface area contributed by atoms with Crippen LogP contribution in [0.15, 0.2) is 109 Å². The number of carbonyl (C=O) groups is 2. The van der Waals surface area contributed by atoms with Crippen LogP contribution < -0.4 is 9.47 Å². The molecule has 0 aliphatic carbocycles. The Morgan fingerprint density at radius 1 is 0.528 bits per heavy atom. The normalized spacial score (nSPS) is 10.4. The Kier molecular flexibility index (Phi) is 8.87. The third-order valence-corrected chi connectivity index (χ3v) is 5.58. The van der Waals surface area contributed by atoms with Crippen LogP contribution in [-0.4, -0.2) is 25.2 Å². The minimum absolute atomic E-state index is 0.344. The molecule has 4 aromatic carbocycles. The van der Waals surface area contributed by atoms with Crippen LogP contribution >= 0.6 is 0 Å². The van der Waals surface area contributed by atoms with E-state index >= 15 is 0 Å². The Balaban J connectivity index is 1.20. The highest BCUT2D eigenvalue weighted by atomic mass is 16.5. The molecule has 0 aromatic heterocycles. The summed E-state index contributed by atoms with van der Waals surface area (Å²) in [4.78, 5) is 24.7. The van der Waals surface area contributed by atoms with E-state index in [1.54, 1.807) is 48.5 Å². The number of carbonyl (C=O) groups excluding carboxylic acids is 2. The van der Waals surface area contributed by atoms with Crippen LogP contribution in [-0.2, 0) is 17.6 Å². The van der Waals surface area contributed by atoms with Crippen molar-refractivity contribution in [1.82, 2.24) is 0 Å². The van der Waals surface area contributed by atoms with Crippen LogP contribution in [0.4, 0.5) is 0 Å². The zero-order valence-corrected chi connectivity index (χ0v) is 20.0. The van der Waals surface area contributed by atoms with E-state index in [2.05, 4.69) is 24.3 Å². The minimum atomic E-state index is -0.484. The summed E-state index contributed by atoms with van der Waals surface area (Å²) >= 11 is 0. The fourth-order valence-electron chi connectivity index (χ4n) is 3.61. The van der Waals surface area contributed by atoms with Gasteiger partial charge in [-0.15, -0.1) is 0 Å². The molecule has 0 saturated heterocycles. The van der Waals surface area contributed by atoms with Crippen molar-refractivity contribution in [2.45, 2.75) is 19.3 Å². The Morgan fingerprint density at radius 2 is 1.06 bits per heavy atom. The Morgan fingerprint density at radius 3 is 1.67 bits per heavy atom. The highest BCUT2D eigenvalue weighted by Crippen LogP contribution is 2.18. The van der Waals surface area contributed by atoms with E-state index in [1.165, 1.54) is 11.1 Å². The van der Waals surface area contributed by atoms with Crippen LogP contribution in [0.1, 0.15) is 38.3 Å². The molecule has 0 saturated carbocycles. The number of hydrogen-bond donors (Lipinski definition) is 0. The van der Waals surface area contributed by atoms with Gasteiger partial charge in [-0.25, -0.2) is 9.59 Å². The lowest BCUT2D eigenvalue weighted by molar-refractivity contribution is 0.0500. The number of esters is 2. The number of aryl methyl sites for hydroxylation is 1. The molecule has 0 aliphatic heterocycles. The summed E-state index contributed by atoms with van der Waals surface area (Å²) in [6.07, 6.45) is 2.41. The summed E-state index contributed by atoms with van der Waals surface area (Å²) in [5, 5.41) is 0. The zero-order valence-electron chi connectivity index (χ0n) is 20.0. The van der Waals surface area contributed by atoms with Crippen molar-refractivity contribution >= 4 is 11.9 Å². The van der Waals surface area contributed by atoms with Gasteiger partial charge >= 0.3 is 11.9 Å². The molecule has 4 aromatic rings. The molecule has 0 radical (unpaired) electrons. The maximum atomic E-state index is 12.5. The van der Waals surface area contributed by atoms with E-state index in [9.17, 15) is 9.59 Å². The topological polar surface area (TPSA) is 61.8 Å². The van der Waals surface area contributed by atoms with Gasteiger partial charge in [-0.1, -0.05) is 60.7 Å². The van der Waals surface area contributed by atoms with Crippen molar-refractivity contribution in [3.05, 3.63) is 131 Å². The summed E-state index contributed by atoms with van der Waals surface area (Å²) in [5.41, 5.74) is 3.24. The zero-order chi connectivity index (χ0) is 25.0. The molecular formula is C31H28O5. The first-order chi connectivity index (χ1) is 17.7.